The molecule has 0 aliphatic carbocycles. The number of fused-ring (bicyclic) bond motifs is 1. The summed E-state index contributed by atoms with van der Waals surface area (Å²) in [5.74, 6) is -0.781. The van der Waals surface area contributed by atoms with Gasteiger partial charge in [-0.05, 0) is 11.1 Å². The number of aliphatic carboxylic acids is 1. The zero-order valence-corrected chi connectivity index (χ0v) is 9.82. The summed E-state index contributed by atoms with van der Waals surface area (Å²) in [6, 6.07) is 1.68. The Balaban J connectivity index is 2.64. The zero-order valence-electron chi connectivity index (χ0n) is 9.07. The summed E-state index contributed by atoms with van der Waals surface area (Å²) in [7, 11) is 1.83. The maximum absolute atomic E-state index is 11.3. The number of pyridine rings is 1. The van der Waals surface area contributed by atoms with E-state index in [1.807, 2.05) is 18.5 Å². The first-order chi connectivity index (χ1) is 7.56. The molecule has 5 heteroatoms. The summed E-state index contributed by atoms with van der Waals surface area (Å²) in [6.07, 6.45) is 2.22. The van der Waals surface area contributed by atoms with E-state index in [-0.39, 0.29) is 0 Å². The largest absolute Gasteiger partial charge is 0.480 e. The van der Waals surface area contributed by atoms with Crippen LogP contribution in [-0.4, -0.2) is 33.4 Å². The summed E-state index contributed by atoms with van der Waals surface area (Å²) in [4.78, 5) is 15.5. The zero-order chi connectivity index (χ0) is 11.9. The maximum atomic E-state index is 11.3. The summed E-state index contributed by atoms with van der Waals surface area (Å²) in [6.45, 7) is 1.94. The fourth-order valence-electron chi connectivity index (χ4n) is 2.17. The molecule has 1 aliphatic rings. The molecule has 16 heavy (non-hydrogen) atoms. The molecule has 1 N–H and O–H groups in total. The van der Waals surface area contributed by atoms with E-state index in [4.69, 9.17) is 11.6 Å². The second-order valence-electron chi connectivity index (χ2n) is 3.74. The number of aromatic nitrogens is 1. The molecule has 0 saturated heterocycles. The number of hydrogen-bond donors (Lipinski definition) is 1. The SMILES string of the molecule is CCC1=[N+](C)c2ncc(Cl)cc2C1C(=O)O. The molecule has 4 nitrogen and oxygen atoms in total. The molecule has 0 radical (unpaired) electrons. The van der Waals surface area contributed by atoms with E-state index in [0.29, 0.717) is 22.8 Å². The summed E-state index contributed by atoms with van der Waals surface area (Å²) in [5, 5.41) is 9.72. The van der Waals surface area contributed by atoms with Gasteiger partial charge in [-0.1, -0.05) is 18.5 Å². The number of hydrogen-bond acceptors (Lipinski definition) is 2. The Kier molecular flexibility index (Phi) is 2.68. The molecule has 0 fully saturated rings. The van der Waals surface area contributed by atoms with Crippen LogP contribution < -0.4 is 0 Å². The van der Waals surface area contributed by atoms with Crippen molar-refractivity contribution in [1.82, 2.24) is 4.98 Å². The van der Waals surface area contributed by atoms with Crippen LogP contribution in [0.25, 0.3) is 0 Å². The standard InChI is InChI=1S/C11H11ClN2O2/c1-3-8-9(11(15)16)7-4-6(12)5-13-10(7)14(8)2/h4-5,9H,3H2,1-2H3/p+1. The van der Waals surface area contributed by atoms with Gasteiger partial charge in [0.2, 0.25) is 0 Å². The molecule has 0 amide bonds. The van der Waals surface area contributed by atoms with Crippen molar-refractivity contribution in [3.05, 3.63) is 22.8 Å². The summed E-state index contributed by atoms with van der Waals surface area (Å²) in [5.41, 5.74) is 1.52. The van der Waals surface area contributed by atoms with Gasteiger partial charge in [0, 0.05) is 6.42 Å². The molecular weight excluding hydrogens is 228 g/mol. The van der Waals surface area contributed by atoms with Crippen LogP contribution >= 0.6 is 11.6 Å². The van der Waals surface area contributed by atoms with E-state index in [1.165, 1.54) is 6.20 Å². The molecule has 1 aliphatic heterocycles. The van der Waals surface area contributed by atoms with E-state index in [0.717, 1.165) is 5.71 Å². The molecule has 2 rings (SSSR count). The van der Waals surface area contributed by atoms with Gasteiger partial charge in [-0.2, -0.15) is 0 Å². The minimum atomic E-state index is -0.855. The van der Waals surface area contributed by atoms with Gasteiger partial charge in [0.25, 0.3) is 0 Å². The Labute approximate surface area is 98.2 Å². The van der Waals surface area contributed by atoms with Crippen LogP contribution in [0.15, 0.2) is 12.3 Å². The van der Waals surface area contributed by atoms with E-state index in [2.05, 4.69) is 4.98 Å². The molecule has 2 heterocycles. The minimum absolute atomic E-state index is 0.468. The molecule has 1 atom stereocenters. The first-order valence-corrected chi connectivity index (χ1v) is 5.41. The number of carboxylic acid groups (broad SMARTS) is 1. The highest BCUT2D eigenvalue weighted by Crippen LogP contribution is 2.35. The van der Waals surface area contributed by atoms with E-state index < -0.39 is 11.9 Å². The predicted octanol–water partition coefficient (Wildman–Crippen LogP) is 2.04. The van der Waals surface area contributed by atoms with Gasteiger partial charge in [0.1, 0.15) is 5.92 Å². The van der Waals surface area contributed by atoms with Gasteiger partial charge in [0.15, 0.2) is 6.20 Å². The topological polar surface area (TPSA) is 53.2 Å². The fraction of sp³-hybridized carbons (Fsp3) is 0.364. The lowest BCUT2D eigenvalue weighted by Crippen LogP contribution is -2.20. The van der Waals surface area contributed by atoms with Crippen molar-refractivity contribution in [2.45, 2.75) is 19.3 Å². The third-order valence-electron chi connectivity index (χ3n) is 2.86. The third kappa shape index (κ3) is 1.50. The van der Waals surface area contributed by atoms with Crippen LogP contribution in [0, 0.1) is 0 Å². The van der Waals surface area contributed by atoms with E-state index >= 15 is 0 Å². The smallest absolute Gasteiger partial charge is 0.327 e. The van der Waals surface area contributed by atoms with Crippen LogP contribution in [0.3, 0.4) is 0 Å². The minimum Gasteiger partial charge on any atom is -0.480 e. The number of nitrogens with zero attached hydrogens (tertiary/aromatic N) is 2. The van der Waals surface area contributed by atoms with Crippen molar-refractivity contribution in [3.8, 4) is 0 Å². The molecule has 0 aromatic carbocycles. The quantitative estimate of drug-likeness (QED) is 0.804. The average molecular weight is 240 g/mol. The Morgan fingerprint density at radius 3 is 2.94 bits per heavy atom. The predicted molar refractivity (Wildman–Crippen MR) is 60.8 cm³/mol. The lowest BCUT2D eigenvalue weighted by molar-refractivity contribution is -0.407. The summed E-state index contributed by atoms with van der Waals surface area (Å²) >= 11 is 5.85. The van der Waals surface area contributed by atoms with Gasteiger partial charge < -0.3 is 5.11 Å². The maximum Gasteiger partial charge on any atom is 0.327 e. The third-order valence-corrected chi connectivity index (χ3v) is 3.07. The van der Waals surface area contributed by atoms with Gasteiger partial charge in [-0.25, -0.2) is 4.58 Å². The molecule has 0 saturated carbocycles. The normalized spacial score (nSPS) is 18.8. The highest BCUT2D eigenvalue weighted by atomic mass is 35.5. The highest BCUT2D eigenvalue weighted by molar-refractivity contribution is 6.30. The van der Waals surface area contributed by atoms with Crippen LogP contribution in [0.4, 0.5) is 5.82 Å². The molecular formula is C11H12ClN2O2+. The van der Waals surface area contributed by atoms with Crippen molar-refractivity contribution in [1.29, 1.82) is 0 Å². The Morgan fingerprint density at radius 2 is 2.38 bits per heavy atom. The van der Waals surface area contributed by atoms with E-state index in [9.17, 15) is 9.90 Å². The number of rotatable bonds is 2. The Morgan fingerprint density at radius 1 is 1.69 bits per heavy atom. The molecule has 0 spiro atoms. The van der Waals surface area contributed by atoms with Crippen LogP contribution in [0.5, 0.6) is 0 Å². The van der Waals surface area contributed by atoms with Crippen molar-refractivity contribution in [2.24, 2.45) is 0 Å². The number of carboxylic acids is 1. The molecule has 1 aromatic heterocycles. The first kappa shape index (κ1) is 11.1. The van der Waals surface area contributed by atoms with Crippen LogP contribution in [0.2, 0.25) is 5.02 Å². The lowest BCUT2D eigenvalue weighted by Gasteiger charge is -2.04. The first-order valence-electron chi connectivity index (χ1n) is 5.04. The second-order valence-corrected chi connectivity index (χ2v) is 4.18. The van der Waals surface area contributed by atoms with Crippen molar-refractivity contribution in [2.75, 3.05) is 7.05 Å². The van der Waals surface area contributed by atoms with Crippen molar-refractivity contribution in [3.63, 3.8) is 0 Å². The van der Waals surface area contributed by atoms with Gasteiger partial charge >= 0.3 is 11.8 Å². The van der Waals surface area contributed by atoms with Crippen molar-refractivity contribution < 1.29 is 14.5 Å². The molecule has 84 valence electrons. The molecule has 0 bridgehead atoms. The monoisotopic (exact) mass is 239 g/mol. The van der Waals surface area contributed by atoms with Gasteiger partial charge in [-0.15, -0.1) is 0 Å². The highest BCUT2D eigenvalue weighted by Gasteiger charge is 2.40. The number of halogens is 1. The average Bonchev–Trinajstić information content (AvgIpc) is 2.50. The Bertz CT molecular complexity index is 497. The molecule has 1 aromatic rings. The number of carbonyl (C=O) groups is 1. The van der Waals surface area contributed by atoms with Crippen molar-refractivity contribution >= 4 is 29.1 Å². The van der Waals surface area contributed by atoms with Crippen LogP contribution in [-0.2, 0) is 4.79 Å². The van der Waals surface area contributed by atoms with E-state index in [1.54, 1.807) is 6.07 Å². The van der Waals surface area contributed by atoms with Crippen LogP contribution in [0.1, 0.15) is 24.8 Å². The molecule has 1 unspecified atom stereocenters. The van der Waals surface area contributed by atoms with Gasteiger partial charge in [0.05, 0.1) is 23.3 Å². The Hall–Kier alpha value is -1.42. The lowest BCUT2D eigenvalue weighted by atomic mass is 9.96. The van der Waals surface area contributed by atoms with Gasteiger partial charge in [-0.3, -0.25) is 4.79 Å². The second kappa shape index (κ2) is 3.87. The fourth-order valence-corrected chi connectivity index (χ4v) is 2.33. The summed E-state index contributed by atoms with van der Waals surface area (Å²) < 4.78 is 1.84.